The van der Waals surface area contributed by atoms with Gasteiger partial charge in [-0.05, 0) is 39.8 Å². The minimum atomic E-state index is 0.224. The Morgan fingerprint density at radius 3 is 2.79 bits per heavy atom. The van der Waals surface area contributed by atoms with Crippen LogP contribution in [0.15, 0.2) is 22.6 Å². The number of para-hydroxylation sites is 1. The number of nitrogens with one attached hydrogen (secondary N) is 1. The van der Waals surface area contributed by atoms with Gasteiger partial charge in [-0.2, -0.15) is 0 Å². The molecule has 2 rings (SSSR count). The highest BCUT2D eigenvalue weighted by Gasteiger charge is 2.18. The molecule has 1 aromatic heterocycles. The van der Waals surface area contributed by atoms with E-state index >= 15 is 0 Å². The fourth-order valence-corrected chi connectivity index (χ4v) is 2.37. The first-order chi connectivity index (χ1) is 9.19. The summed E-state index contributed by atoms with van der Waals surface area (Å²) in [4.78, 5) is 0. The van der Waals surface area contributed by atoms with Crippen LogP contribution >= 0.6 is 0 Å². The highest BCUT2D eigenvalue weighted by atomic mass is 16.5. The lowest BCUT2D eigenvalue weighted by atomic mass is 10.1. The predicted octanol–water partition coefficient (Wildman–Crippen LogP) is 4.20. The molecule has 1 aromatic carbocycles. The summed E-state index contributed by atoms with van der Waals surface area (Å²) in [6.45, 7) is 10.1. The molecule has 1 atom stereocenters. The molecule has 3 nitrogen and oxygen atoms in total. The van der Waals surface area contributed by atoms with Crippen LogP contribution in [-0.2, 0) is 0 Å². The van der Waals surface area contributed by atoms with Gasteiger partial charge in [-0.1, -0.05) is 19.1 Å². The van der Waals surface area contributed by atoms with E-state index in [1.807, 2.05) is 19.1 Å². The predicted molar refractivity (Wildman–Crippen MR) is 78.8 cm³/mol. The van der Waals surface area contributed by atoms with Crippen molar-refractivity contribution in [2.45, 2.75) is 40.2 Å². The van der Waals surface area contributed by atoms with Crippen LogP contribution in [0.25, 0.3) is 11.0 Å². The molecule has 0 aliphatic heterocycles. The lowest BCUT2D eigenvalue weighted by molar-refractivity contribution is 0.336. The molecule has 0 aliphatic carbocycles. The fraction of sp³-hybridized carbons (Fsp3) is 0.500. The Balaban J connectivity index is 2.41. The monoisotopic (exact) mass is 261 g/mol. The van der Waals surface area contributed by atoms with E-state index in [4.69, 9.17) is 9.15 Å². The minimum absolute atomic E-state index is 0.224. The first-order valence-corrected chi connectivity index (χ1v) is 7.07. The van der Waals surface area contributed by atoms with Crippen LogP contribution in [0.4, 0.5) is 0 Å². The van der Waals surface area contributed by atoms with E-state index in [2.05, 4.69) is 32.2 Å². The molecule has 0 radical (unpaired) electrons. The summed E-state index contributed by atoms with van der Waals surface area (Å²) in [5.74, 6) is 1.84. The first kappa shape index (κ1) is 13.9. The van der Waals surface area contributed by atoms with E-state index in [0.717, 1.165) is 35.4 Å². The second-order valence-electron chi connectivity index (χ2n) is 4.83. The van der Waals surface area contributed by atoms with Gasteiger partial charge < -0.3 is 14.5 Å². The Morgan fingerprint density at radius 1 is 1.32 bits per heavy atom. The number of benzene rings is 1. The van der Waals surface area contributed by atoms with Crippen molar-refractivity contribution in [2.24, 2.45) is 0 Å². The molecule has 3 heteroatoms. The minimum Gasteiger partial charge on any atom is -0.490 e. The van der Waals surface area contributed by atoms with Crippen LogP contribution in [0.1, 0.15) is 44.6 Å². The third-order valence-electron chi connectivity index (χ3n) is 3.36. The third-order valence-corrected chi connectivity index (χ3v) is 3.36. The Labute approximate surface area is 114 Å². The lowest BCUT2D eigenvalue weighted by Gasteiger charge is -2.11. The van der Waals surface area contributed by atoms with Crippen LogP contribution < -0.4 is 10.1 Å². The van der Waals surface area contributed by atoms with Gasteiger partial charge in [-0.3, -0.25) is 0 Å². The quantitative estimate of drug-likeness (QED) is 0.846. The average molecular weight is 261 g/mol. The number of hydrogen-bond acceptors (Lipinski definition) is 3. The van der Waals surface area contributed by atoms with Gasteiger partial charge in [-0.25, -0.2) is 0 Å². The van der Waals surface area contributed by atoms with Crippen LogP contribution in [0.3, 0.4) is 0 Å². The van der Waals surface area contributed by atoms with Crippen molar-refractivity contribution < 1.29 is 9.15 Å². The molecule has 1 heterocycles. The SMILES string of the molecule is CCCNC(C)c1oc2c(OCC)cccc2c1C. The molecule has 0 saturated carbocycles. The zero-order valence-corrected chi connectivity index (χ0v) is 12.2. The van der Waals surface area contributed by atoms with Gasteiger partial charge >= 0.3 is 0 Å². The molecule has 0 spiro atoms. The molecule has 0 aliphatic rings. The standard InChI is InChI=1S/C16H23NO2/c1-5-10-17-12(4)15-11(3)13-8-7-9-14(18-6-2)16(13)19-15/h7-9,12,17H,5-6,10H2,1-4H3. The number of ether oxygens (including phenoxy) is 1. The van der Waals surface area contributed by atoms with E-state index in [1.165, 1.54) is 5.56 Å². The number of aryl methyl sites for hydroxylation is 1. The molecule has 1 N–H and O–H groups in total. The second-order valence-corrected chi connectivity index (χ2v) is 4.83. The zero-order chi connectivity index (χ0) is 13.8. The van der Waals surface area contributed by atoms with Crippen molar-refractivity contribution in [1.82, 2.24) is 5.32 Å². The summed E-state index contributed by atoms with van der Waals surface area (Å²) in [5.41, 5.74) is 2.06. The summed E-state index contributed by atoms with van der Waals surface area (Å²) in [6.07, 6.45) is 1.12. The molecular formula is C16H23NO2. The maximum Gasteiger partial charge on any atom is 0.176 e. The summed E-state index contributed by atoms with van der Waals surface area (Å²) >= 11 is 0. The van der Waals surface area contributed by atoms with Crippen LogP contribution in [0, 0.1) is 6.92 Å². The van der Waals surface area contributed by atoms with Gasteiger partial charge in [0.05, 0.1) is 12.6 Å². The topological polar surface area (TPSA) is 34.4 Å². The Morgan fingerprint density at radius 2 is 2.11 bits per heavy atom. The fourth-order valence-electron chi connectivity index (χ4n) is 2.37. The van der Waals surface area contributed by atoms with E-state index in [1.54, 1.807) is 0 Å². The van der Waals surface area contributed by atoms with E-state index in [9.17, 15) is 0 Å². The second kappa shape index (κ2) is 6.11. The molecule has 104 valence electrons. The molecular weight excluding hydrogens is 238 g/mol. The van der Waals surface area contributed by atoms with Crippen molar-refractivity contribution in [1.29, 1.82) is 0 Å². The molecule has 0 saturated heterocycles. The molecule has 0 bridgehead atoms. The average Bonchev–Trinajstić information content (AvgIpc) is 2.75. The molecule has 1 unspecified atom stereocenters. The van der Waals surface area contributed by atoms with E-state index in [0.29, 0.717) is 6.61 Å². The summed E-state index contributed by atoms with van der Waals surface area (Å²) in [6, 6.07) is 6.29. The Bertz CT molecular complexity index is 545. The van der Waals surface area contributed by atoms with Crippen molar-refractivity contribution in [3.8, 4) is 5.75 Å². The smallest absolute Gasteiger partial charge is 0.176 e. The Hall–Kier alpha value is -1.48. The van der Waals surface area contributed by atoms with Gasteiger partial charge in [0, 0.05) is 10.9 Å². The van der Waals surface area contributed by atoms with Gasteiger partial charge in [0.15, 0.2) is 11.3 Å². The molecule has 0 fully saturated rings. The number of rotatable bonds is 6. The highest BCUT2D eigenvalue weighted by molar-refractivity contribution is 5.87. The first-order valence-electron chi connectivity index (χ1n) is 7.07. The highest BCUT2D eigenvalue weighted by Crippen LogP contribution is 2.34. The van der Waals surface area contributed by atoms with Gasteiger partial charge in [0.2, 0.25) is 0 Å². The normalized spacial score (nSPS) is 12.8. The molecule has 19 heavy (non-hydrogen) atoms. The summed E-state index contributed by atoms with van der Waals surface area (Å²) in [7, 11) is 0. The van der Waals surface area contributed by atoms with Crippen LogP contribution in [0.5, 0.6) is 5.75 Å². The van der Waals surface area contributed by atoms with Crippen molar-refractivity contribution >= 4 is 11.0 Å². The van der Waals surface area contributed by atoms with E-state index < -0.39 is 0 Å². The van der Waals surface area contributed by atoms with Gasteiger partial charge in [0.25, 0.3) is 0 Å². The number of fused-ring (bicyclic) bond motifs is 1. The van der Waals surface area contributed by atoms with Crippen LogP contribution in [-0.4, -0.2) is 13.2 Å². The van der Waals surface area contributed by atoms with Crippen molar-refractivity contribution in [3.63, 3.8) is 0 Å². The zero-order valence-electron chi connectivity index (χ0n) is 12.2. The van der Waals surface area contributed by atoms with Crippen molar-refractivity contribution in [3.05, 3.63) is 29.5 Å². The maximum atomic E-state index is 6.05. The largest absolute Gasteiger partial charge is 0.490 e. The van der Waals surface area contributed by atoms with Crippen LogP contribution in [0.2, 0.25) is 0 Å². The summed E-state index contributed by atoms with van der Waals surface area (Å²) in [5, 5.41) is 4.61. The number of furan rings is 1. The Kier molecular flexibility index (Phi) is 4.48. The van der Waals surface area contributed by atoms with Gasteiger partial charge in [0.1, 0.15) is 5.76 Å². The maximum absolute atomic E-state index is 6.05. The van der Waals surface area contributed by atoms with Crippen molar-refractivity contribution in [2.75, 3.05) is 13.2 Å². The number of hydrogen-bond donors (Lipinski definition) is 1. The third kappa shape index (κ3) is 2.76. The molecule has 0 amide bonds. The summed E-state index contributed by atoms with van der Waals surface area (Å²) < 4.78 is 11.7. The van der Waals surface area contributed by atoms with Gasteiger partial charge in [-0.15, -0.1) is 0 Å². The molecule has 2 aromatic rings. The lowest BCUT2D eigenvalue weighted by Crippen LogP contribution is -2.19. The van der Waals surface area contributed by atoms with E-state index in [-0.39, 0.29) is 6.04 Å².